The highest BCUT2D eigenvalue weighted by Gasteiger charge is 2.33. The van der Waals surface area contributed by atoms with Crippen LogP contribution in [0, 0.1) is 11.6 Å². The van der Waals surface area contributed by atoms with Gasteiger partial charge in [0.2, 0.25) is 0 Å². The van der Waals surface area contributed by atoms with Crippen molar-refractivity contribution in [3.8, 4) is 0 Å². The lowest BCUT2D eigenvalue weighted by molar-refractivity contribution is -0.137. The molecule has 0 bridgehead atoms. The van der Waals surface area contributed by atoms with Crippen molar-refractivity contribution in [3.05, 3.63) is 83.4 Å². The molecule has 0 fully saturated rings. The van der Waals surface area contributed by atoms with E-state index in [0.717, 1.165) is 46.3 Å². The fourth-order valence-corrected chi connectivity index (χ4v) is 5.09. The monoisotopic (exact) mass is 468 g/mol. The summed E-state index contributed by atoms with van der Waals surface area (Å²) in [5, 5.41) is 2.80. The number of rotatable bonds is 4. The van der Waals surface area contributed by atoms with Crippen LogP contribution in [0.3, 0.4) is 0 Å². The molecule has 32 heavy (non-hydrogen) atoms. The van der Waals surface area contributed by atoms with E-state index in [2.05, 4.69) is 5.32 Å². The van der Waals surface area contributed by atoms with Gasteiger partial charge in [0.05, 0.1) is 21.8 Å². The first-order valence-electron chi connectivity index (χ1n) is 9.61. The molecule has 0 amide bonds. The highest BCUT2D eigenvalue weighted by Crippen LogP contribution is 2.36. The minimum absolute atomic E-state index is 0.0132. The minimum atomic E-state index is -4.57. The zero-order valence-electron chi connectivity index (χ0n) is 16.5. The number of benzene rings is 3. The number of sulfonamides is 1. The van der Waals surface area contributed by atoms with E-state index in [1.54, 1.807) is 12.1 Å². The lowest BCUT2D eigenvalue weighted by Crippen LogP contribution is -2.35. The van der Waals surface area contributed by atoms with Crippen molar-refractivity contribution in [2.75, 3.05) is 16.2 Å². The quantitative estimate of drug-likeness (QED) is 0.488. The summed E-state index contributed by atoms with van der Waals surface area (Å²) < 4.78 is 93.1. The summed E-state index contributed by atoms with van der Waals surface area (Å²) in [5.74, 6) is -1.54. The van der Waals surface area contributed by atoms with Gasteiger partial charge in [0.25, 0.3) is 10.0 Å². The smallest absolute Gasteiger partial charge is 0.353 e. The third kappa shape index (κ3) is 4.27. The van der Waals surface area contributed by atoms with Gasteiger partial charge >= 0.3 is 6.18 Å². The Labute approximate surface area is 181 Å². The van der Waals surface area contributed by atoms with Crippen LogP contribution in [0.15, 0.2) is 65.6 Å². The summed E-state index contributed by atoms with van der Waals surface area (Å²) in [6.45, 7) is 0.144. The molecule has 0 aromatic heterocycles. The van der Waals surface area contributed by atoms with Crippen LogP contribution in [0.2, 0.25) is 0 Å². The number of hydrogen-bond donors (Lipinski definition) is 1. The zero-order chi connectivity index (χ0) is 23.1. The van der Waals surface area contributed by atoms with Crippen LogP contribution in [-0.2, 0) is 22.6 Å². The van der Waals surface area contributed by atoms with E-state index >= 15 is 0 Å². The average Bonchev–Trinajstić information content (AvgIpc) is 2.74. The summed E-state index contributed by atoms with van der Waals surface area (Å²) in [5.41, 5.74) is 0.534. The maximum Gasteiger partial charge on any atom is 0.416 e. The Morgan fingerprint density at radius 3 is 2.28 bits per heavy atom. The Morgan fingerprint density at radius 1 is 0.906 bits per heavy atom. The van der Waals surface area contributed by atoms with Gasteiger partial charge in [-0.05, 0) is 66.9 Å². The number of fused-ring (bicyclic) bond motifs is 1. The van der Waals surface area contributed by atoms with Crippen molar-refractivity contribution in [2.45, 2.75) is 23.9 Å². The molecule has 0 saturated heterocycles. The topological polar surface area (TPSA) is 49.4 Å². The molecule has 168 valence electrons. The van der Waals surface area contributed by atoms with Gasteiger partial charge in [-0.25, -0.2) is 17.2 Å². The average molecular weight is 468 g/mol. The van der Waals surface area contributed by atoms with Crippen molar-refractivity contribution in [2.24, 2.45) is 0 Å². The predicted octanol–water partition coefficient (Wildman–Crippen LogP) is 5.87. The lowest BCUT2D eigenvalue weighted by Gasteiger charge is -2.31. The minimum Gasteiger partial charge on any atom is -0.353 e. The second-order valence-corrected chi connectivity index (χ2v) is 9.16. The summed E-state index contributed by atoms with van der Waals surface area (Å²) in [4.78, 5) is -0.263. The van der Waals surface area contributed by atoms with Gasteiger partial charge in [0.15, 0.2) is 0 Å². The molecule has 0 aliphatic carbocycles. The van der Waals surface area contributed by atoms with E-state index in [-0.39, 0.29) is 17.1 Å². The van der Waals surface area contributed by atoms with Crippen molar-refractivity contribution in [3.63, 3.8) is 0 Å². The van der Waals surface area contributed by atoms with E-state index in [0.29, 0.717) is 24.2 Å². The summed E-state index contributed by atoms with van der Waals surface area (Å²) in [6.07, 6.45) is -3.43. The van der Waals surface area contributed by atoms with Crippen molar-refractivity contribution >= 4 is 27.1 Å². The zero-order valence-corrected chi connectivity index (χ0v) is 17.3. The Balaban J connectivity index is 1.68. The molecule has 4 nitrogen and oxygen atoms in total. The van der Waals surface area contributed by atoms with Gasteiger partial charge in [-0.1, -0.05) is 6.07 Å². The van der Waals surface area contributed by atoms with Gasteiger partial charge in [-0.2, -0.15) is 13.2 Å². The molecule has 1 aliphatic rings. The largest absolute Gasteiger partial charge is 0.416 e. The maximum absolute atomic E-state index is 14.0. The number of alkyl halides is 3. The Morgan fingerprint density at radius 2 is 1.62 bits per heavy atom. The number of halogens is 5. The van der Waals surface area contributed by atoms with Gasteiger partial charge < -0.3 is 5.32 Å². The molecule has 1 N–H and O–H groups in total. The number of aryl methyl sites for hydroxylation is 1. The van der Waals surface area contributed by atoms with Crippen LogP contribution in [0.4, 0.5) is 39.0 Å². The van der Waals surface area contributed by atoms with E-state index in [1.165, 1.54) is 12.1 Å². The summed E-state index contributed by atoms with van der Waals surface area (Å²) >= 11 is 0. The molecule has 1 aliphatic heterocycles. The molecular formula is C22H17F5N2O2S. The second kappa shape index (κ2) is 8.09. The highest BCUT2D eigenvalue weighted by atomic mass is 32.2. The molecule has 0 radical (unpaired) electrons. The van der Waals surface area contributed by atoms with Crippen molar-refractivity contribution in [1.82, 2.24) is 0 Å². The molecule has 10 heteroatoms. The van der Waals surface area contributed by atoms with Crippen LogP contribution in [0.5, 0.6) is 0 Å². The fraction of sp³-hybridized carbons (Fsp3) is 0.182. The molecule has 0 atom stereocenters. The lowest BCUT2D eigenvalue weighted by atomic mass is 10.0. The van der Waals surface area contributed by atoms with Crippen LogP contribution in [0.1, 0.15) is 17.5 Å². The maximum atomic E-state index is 14.0. The van der Waals surface area contributed by atoms with E-state index in [1.807, 2.05) is 0 Å². The molecule has 4 rings (SSSR count). The summed E-state index contributed by atoms with van der Waals surface area (Å²) in [6, 6.07) is 11.2. The van der Waals surface area contributed by atoms with Crippen molar-refractivity contribution in [1.29, 1.82) is 0 Å². The molecule has 0 spiro atoms. The van der Waals surface area contributed by atoms with Gasteiger partial charge in [-0.3, -0.25) is 4.31 Å². The molecule has 3 aromatic carbocycles. The molecule has 0 unspecified atom stereocenters. The van der Waals surface area contributed by atoms with Crippen LogP contribution in [0.25, 0.3) is 0 Å². The van der Waals surface area contributed by atoms with E-state index in [4.69, 9.17) is 0 Å². The van der Waals surface area contributed by atoms with Crippen LogP contribution in [-0.4, -0.2) is 15.0 Å². The number of hydrogen-bond acceptors (Lipinski definition) is 3. The summed E-state index contributed by atoms with van der Waals surface area (Å²) in [7, 11) is -4.13. The molecule has 0 saturated carbocycles. The number of nitrogens with one attached hydrogen (secondary N) is 1. The first-order valence-corrected chi connectivity index (χ1v) is 11.0. The van der Waals surface area contributed by atoms with E-state index < -0.39 is 33.4 Å². The number of nitrogens with zero attached hydrogens (tertiary/aromatic N) is 1. The van der Waals surface area contributed by atoms with Crippen LogP contribution < -0.4 is 9.62 Å². The molecular weight excluding hydrogens is 451 g/mol. The third-order valence-corrected chi connectivity index (χ3v) is 6.97. The normalized spacial score (nSPS) is 14.2. The first kappa shape index (κ1) is 22.1. The Kier molecular flexibility index (Phi) is 5.58. The number of anilines is 3. The third-order valence-electron chi connectivity index (χ3n) is 5.14. The Hall–Kier alpha value is -3.14. The fourth-order valence-electron chi connectivity index (χ4n) is 3.56. The van der Waals surface area contributed by atoms with Gasteiger partial charge in [-0.15, -0.1) is 0 Å². The molecule has 3 aromatic rings. The van der Waals surface area contributed by atoms with Crippen LogP contribution >= 0.6 is 0 Å². The Bertz CT molecular complexity index is 1260. The first-order chi connectivity index (χ1) is 15.1. The molecule has 1 heterocycles. The van der Waals surface area contributed by atoms with Crippen molar-refractivity contribution < 1.29 is 30.4 Å². The standard InChI is InChI=1S/C22H17F5N2O2S/c23-16-6-10-20(19(24)12-16)28-17-7-3-14-2-1-11-29(21(14)13-17)32(30,31)18-8-4-15(5-9-18)22(25,26)27/h3-10,12-13,28H,1-2,11H2. The van der Waals surface area contributed by atoms with E-state index in [9.17, 15) is 30.4 Å². The predicted molar refractivity (Wildman–Crippen MR) is 110 cm³/mol. The SMILES string of the molecule is O=S(=O)(c1ccc(C(F)(F)F)cc1)N1CCCc2ccc(Nc3ccc(F)cc3F)cc21. The van der Waals surface area contributed by atoms with Gasteiger partial charge in [0, 0.05) is 18.3 Å². The highest BCUT2D eigenvalue weighted by molar-refractivity contribution is 7.92. The second-order valence-electron chi connectivity index (χ2n) is 7.30. The van der Waals surface area contributed by atoms with Gasteiger partial charge in [0.1, 0.15) is 11.6 Å².